The minimum Gasteiger partial charge on any atom is -0.443 e. The van der Waals surface area contributed by atoms with Crippen LogP contribution in [0.15, 0.2) is 34.9 Å². The Morgan fingerprint density at radius 1 is 1.21 bits per heavy atom. The van der Waals surface area contributed by atoms with Crippen LogP contribution in [0.25, 0.3) is 11.3 Å². The minimum atomic E-state index is -4.59. The van der Waals surface area contributed by atoms with Crippen molar-refractivity contribution in [3.05, 3.63) is 45.5 Å². The van der Waals surface area contributed by atoms with Crippen LogP contribution < -0.4 is 0 Å². The summed E-state index contributed by atoms with van der Waals surface area (Å²) < 4.78 is 46.1. The van der Waals surface area contributed by atoms with Gasteiger partial charge in [-0.3, -0.25) is 4.57 Å². The second kappa shape index (κ2) is 6.44. The molecule has 2 rings (SSSR count). The monoisotopic (exact) mass is 423 g/mol. The summed E-state index contributed by atoms with van der Waals surface area (Å²) in [5, 5.41) is -0.402. The Labute approximate surface area is 150 Å². The van der Waals surface area contributed by atoms with Gasteiger partial charge in [0.2, 0.25) is 0 Å². The van der Waals surface area contributed by atoms with E-state index in [0.717, 1.165) is 16.7 Å². The molecule has 0 saturated heterocycles. The number of carbonyl (C=O) groups is 1. The van der Waals surface area contributed by atoms with Crippen molar-refractivity contribution in [2.75, 3.05) is 0 Å². The standard InChI is InChI=1S/C16H14BrClF3NO2/c1-15(2,3)24-14(23)22-8-10(17)7-13(22)9-4-5-12(18)11(6-9)16(19,20)21/h4-8H,1-3H3. The van der Waals surface area contributed by atoms with Crippen LogP contribution in [0.2, 0.25) is 5.02 Å². The molecule has 0 N–H and O–H groups in total. The van der Waals surface area contributed by atoms with Crippen LogP contribution in [-0.4, -0.2) is 16.3 Å². The number of halogens is 5. The summed E-state index contributed by atoms with van der Waals surface area (Å²) in [6, 6.07) is 5.01. The average molecular weight is 425 g/mol. The molecule has 3 nitrogen and oxygen atoms in total. The molecule has 8 heteroatoms. The summed E-state index contributed by atoms with van der Waals surface area (Å²) >= 11 is 8.86. The fourth-order valence-corrected chi connectivity index (χ4v) is 2.66. The lowest BCUT2D eigenvalue weighted by Gasteiger charge is -2.20. The number of hydrogen-bond acceptors (Lipinski definition) is 2. The van der Waals surface area contributed by atoms with Crippen molar-refractivity contribution in [3.63, 3.8) is 0 Å². The predicted octanol–water partition coefficient (Wildman–Crippen LogP) is 6.37. The van der Waals surface area contributed by atoms with Gasteiger partial charge in [0, 0.05) is 10.7 Å². The van der Waals surface area contributed by atoms with E-state index >= 15 is 0 Å². The second-order valence-corrected chi connectivity index (χ2v) is 7.41. The molecule has 0 saturated carbocycles. The third-order valence-electron chi connectivity index (χ3n) is 2.94. The minimum absolute atomic E-state index is 0.197. The Morgan fingerprint density at radius 3 is 2.38 bits per heavy atom. The summed E-state index contributed by atoms with van der Waals surface area (Å²) in [6.07, 6.45) is -3.84. The fraction of sp³-hybridized carbons (Fsp3) is 0.312. The molecule has 0 radical (unpaired) electrons. The second-order valence-electron chi connectivity index (χ2n) is 6.09. The van der Waals surface area contributed by atoms with E-state index in [1.54, 1.807) is 20.8 Å². The maximum atomic E-state index is 13.0. The number of benzene rings is 1. The fourth-order valence-electron chi connectivity index (χ4n) is 2.02. The molecule has 0 fully saturated rings. The lowest BCUT2D eigenvalue weighted by Crippen LogP contribution is -2.27. The highest BCUT2D eigenvalue weighted by Gasteiger charge is 2.33. The van der Waals surface area contributed by atoms with Crippen LogP contribution in [0, 0.1) is 0 Å². The summed E-state index contributed by atoms with van der Waals surface area (Å²) in [6.45, 7) is 5.10. The van der Waals surface area contributed by atoms with Crippen molar-refractivity contribution in [2.45, 2.75) is 32.5 Å². The van der Waals surface area contributed by atoms with Crippen molar-refractivity contribution in [2.24, 2.45) is 0 Å². The molecule has 2 aromatic rings. The zero-order valence-corrected chi connectivity index (χ0v) is 15.4. The van der Waals surface area contributed by atoms with Gasteiger partial charge < -0.3 is 4.74 Å². The third-order valence-corrected chi connectivity index (χ3v) is 3.71. The molecule has 0 bridgehead atoms. The number of alkyl halides is 3. The highest BCUT2D eigenvalue weighted by Crippen LogP contribution is 2.38. The maximum Gasteiger partial charge on any atom is 0.419 e. The number of nitrogens with zero attached hydrogens (tertiary/aromatic N) is 1. The van der Waals surface area contributed by atoms with Crippen molar-refractivity contribution in [1.82, 2.24) is 4.57 Å². The number of ether oxygens (including phenoxy) is 1. The smallest absolute Gasteiger partial charge is 0.419 e. The van der Waals surface area contributed by atoms with Gasteiger partial charge in [-0.25, -0.2) is 4.79 Å². The average Bonchev–Trinajstić information content (AvgIpc) is 2.78. The van der Waals surface area contributed by atoms with Gasteiger partial charge in [0.1, 0.15) is 5.60 Å². The van der Waals surface area contributed by atoms with Crippen LogP contribution in [0.1, 0.15) is 26.3 Å². The molecule has 24 heavy (non-hydrogen) atoms. The molecule has 0 aliphatic heterocycles. The van der Waals surface area contributed by atoms with E-state index in [0.29, 0.717) is 4.47 Å². The maximum absolute atomic E-state index is 13.0. The van der Waals surface area contributed by atoms with Crippen molar-refractivity contribution in [1.29, 1.82) is 0 Å². The zero-order chi connectivity index (χ0) is 18.3. The third kappa shape index (κ3) is 4.33. The summed E-state index contributed by atoms with van der Waals surface area (Å²) in [5.74, 6) is 0. The zero-order valence-electron chi connectivity index (χ0n) is 13.0. The molecule has 1 heterocycles. The largest absolute Gasteiger partial charge is 0.443 e. The van der Waals surface area contributed by atoms with Crippen molar-refractivity contribution >= 4 is 33.6 Å². The Morgan fingerprint density at radius 2 is 1.83 bits per heavy atom. The van der Waals surface area contributed by atoms with E-state index in [1.807, 2.05) is 0 Å². The van der Waals surface area contributed by atoms with E-state index in [1.165, 1.54) is 18.3 Å². The van der Waals surface area contributed by atoms with Crippen molar-refractivity contribution < 1.29 is 22.7 Å². The van der Waals surface area contributed by atoms with Gasteiger partial charge in [-0.1, -0.05) is 17.7 Å². The van der Waals surface area contributed by atoms with Crippen LogP contribution in [-0.2, 0) is 10.9 Å². The number of aromatic nitrogens is 1. The Bertz CT molecular complexity index is 779. The van der Waals surface area contributed by atoms with Gasteiger partial charge in [0.25, 0.3) is 0 Å². The molecule has 1 aromatic carbocycles. The Balaban J connectivity index is 2.53. The number of hydrogen-bond donors (Lipinski definition) is 0. The quantitative estimate of drug-likeness (QED) is 0.532. The lowest BCUT2D eigenvalue weighted by atomic mass is 10.1. The molecule has 0 spiro atoms. The number of carbonyl (C=O) groups excluding carboxylic acids is 1. The predicted molar refractivity (Wildman–Crippen MR) is 89.2 cm³/mol. The van der Waals surface area contributed by atoms with Gasteiger partial charge in [-0.2, -0.15) is 13.2 Å². The molecule has 0 atom stereocenters. The van der Waals surface area contributed by atoms with Crippen LogP contribution in [0.3, 0.4) is 0 Å². The first-order valence-corrected chi connectivity index (χ1v) is 8.04. The van der Waals surface area contributed by atoms with E-state index in [4.69, 9.17) is 16.3 Å². The molecule has 0 unspecified atom stereocenters. The molecule has 0 amide bonds. The SMILES string of the molecule is CC(C)(C)OC(=O)n1cc(Br)cc1-c1ccc(Cl)c(C(F)(F)F)c1. The summed E-state index contributed by atoms with van der Waals surface area (Å²) in [7, 11) is 0. The normalized spacial score (nSPS) is 12.3. The first-order chi connectivity index (χ1) is 10.9. The Hall–Kier alpha value is -1.47. The molecule has 130 valence electrons. The van der Waals surface area contributed by atoms with Crippen LogP contribution >= 0.6 is 27.5 Å². The molecule has 1 aromatic heterocycles. The number of rotatable bonds is 1. The first kappa shape index (κ1) is 18.9. The lowest BCUT2D eigenvalue weighted by molar-refractivity contribution is -0.137. The molecule has 0 aliphatic rings. The van der Waals surface area contributed by atoms with Gasteiger partial charge in [-0.15, -0.1) is 0 Å². The Kier molecular flexibility index (Phi) is 5.06. The molecule has 0 aliphatic carbocycles. The highest BCUT2D eigenvalue weighted by molar-refractivity contribution is 9.10. The summed E-state index contributed by atoms with van der Waals surface area (Å²) in [5.41, 5.74) is -1.24. The van der Waals surface area contributed by atoms with E-state index < -0.39 is 28.5 Å². The van der Waals surface area contributed by atoms with E-state index in [2.05, 4.69) is 15.9 Å². The first-order valence-electron chi connectivity index (χ1n) is 6.87. The van der Waals surface area contributed by atoms with Gasteiger partial charge in [0.15, 0.2) is 0 Å². The van der Waals surface area contributed by atoms with Gasteiger partial charge in [0.05, 0.1) is 16.3 Å². The molecular weight excluding hydrogens is 411 g/mol. The van der Waals surface area contributed by atoms with Crippen LogP contribution in [0.4, 0.5) is 18.0 Å². The van der Waals surface area contributed by atoms with Crippen LogP contribution in [0.5, 0.6) is 0 Å². The van der Waals surface area contributed by atoms with E-state index in [-0.39, 0.29) is 11.3 Å². The summed E-state index contributed by atoms with van der Waals surface area (Å²) in [4.78, 5) is 12.3. The van der Waals surface area contributed by atoms with E-state index in [9.17, 15) is 18.0 Å². The highest BCUT2D eigenvalue weighted by atomic mass is 79.9. The molecular formula is C16H14BrClF3NO2. The van der Waals surface area contributed by atoms with Gasteiger partial charge in [-0.05, 0) is 60.5 Å². The van der Waals surface area contributed by atoms with Gasteiger partial charge >= 0.3 is 12.3 Å². The topological polar surface area (TPSA) is 31.2 Å². The van der Waals surface area contributed by atoms with Crippen molar-refractivity contribution in [3.8, 4) is 11.3 Å².